The quantitative estimate of drug-likeness (QED) is 0.420. The predicted molar refractivity (Wildman–Crippen MR) is 65.0 cm³/mol. The van der Waals surface area contributed by atoms with Crippen LogP contribution in [0.15, 0.2) is 17.5 Å². The van der Waals surface area contributed by atoms with Crippen LogP contribution in [0.5, 0.6) is 0 Å². The van der Waals surface area contributed by atoms with Crippen LogP contribution in [0.1, 0.15) is 24.8 Å². The van der Waals surface area contributed by atoms with Crippen LogP contribution < -0.4 is 16.6 Å². The Balaban J connectivity index is 2.70. The topological polar surface area (TPSA) is 50.1 Å². The van der Waals surface area contributed by atoms with Gasteiger partial charge in [-0.05, 0) is 29.6 Å². The lowest BCUT2D eigenvalue weighted by Gasteiger charge is -2.22. The lowest BCUT2D eigenvalue weighted by molar-refractivity contribution is 0.476. The summed E-state index contributed by atoms with van der Waals surface area (Å²) in [6.07, 6.45) is 0. The van der Waals surface area contributed by atoms with Gasteiger partial charge in [0.05, 0.1) is 6.04 Å². The Morgan fingerprint density at radius 1 is 1.57 bits per heavy atom. The molecule has 1 unspecified atom stereocenters. The van der Waals surface area contributed by atoms with Crippen LogP contribution in [0.3, 0.4) is 0 Å². The average Bonchev–Trinajstić information content (AvgIpc) is 2.65. The molecule has 0 amide bonds. The first-order chi connectivity index (χ1) is 6.65. The fourth-order valence-corrected chi connectivity index (χ4v) is 2.29. The fourth-order valence-electron chi connectivity index (χ4n) is 1.22. The molecule has 1 aromatic rings. The van der Waals surface area contributed by atoms with E-state index in [2.05, 4.69) is 36.0 Å². The van der Waals surface area contributed by atoms with Gasteiger partial charge in [0.25, 0.3) is 0 Å². The molecule has 14 heavy (non-hydrogen) atoms. The summed E-state index contributed by atoms with van der Waals surface area (Å²) in [5, 5.41) is 5.72. The normalized spacial score (nSPS) is 12.6. The SMILES string of the molecule is CC(C)C(NC(=S)NN)c1cccs1. The largest absolute Gasteiger partial charge is 0.354 e. The van der Waals surface area contributed by atoms with Gasteiger partial charge in [0.2, 0.25) is 0 Å². The Labute approximate surface area is 93.7 Å². The highest BCUT2D eigenvalue weighted by molar-refractivity contribution is 7.80. The molecular formula is C9H15N3S2. The minimum absolute atomic E-state index is 0.235. The highest BCUT2D eigenvalue weighted by atomic mass is 32.1. The predicted octanol–water partition coefficient (Wildman–Crippen LogP) is 1.78. The van der Waals surface area contributed by atoms with Gasteiger partial charge in [0, 0.05) is 4.88 Å². The second-order valence-electron chi connectivity index (χ2n) is 3.35. The lowest BCUT2D eigenvalue weighted by atomic mass is 10.0. The van der Waals surface area contributed by atoms with Crippen LogP contribution in [0.25, 0.3) is 0 Å². The lowest BCUT2D eigenvalue weighted by Crippen LogP contribution is -2.42. The number of hydrogen-bond donors (Lipinski definition) is 3. The number of nitrogens with one attached hydrogen (secondary N) is 2. The van der Waals surface area contributed by atoms with E-state index in [1.165, 1.54) is 4.88 Å². The Hall–Kier alpha value is -0.650. The summed E-state index contributed by atoms with van der Waals surface area (Å²) in [5.41, 5.74) is 2.44. The zero-order valence-electron chi connectivity index (χ0n) is 8.28. The third-order valence-electron chi connectivity index (χ3n) is 1.93. The van der Waals surface area contributed by atoms with Crippen LogP contribution in [0.4, 0.5) is 0 Å². The van der Waals surface area contributed by atoms with Gasteiger partial charge in [-0.3, -0.25) is 0 Å². The summed E-state index contributed by atoms with van der Waals surface area (Å²) in [4.78, 5) is 1.28. The average molecular weight is 229 g/mol. The molecule has 0 bridgehead atoms. The summed E-state index contributed by atoms with van der Waals surface area (Å²) >= 11 is 6.70. The summed E-state index contributed by atoms with van der Waals surface area (Å²) in [6.45, 7) is 4.30. The van der Waals surface area contributed by atoms with Crippen molar-refractivity contribution in [2.24, 2.45) is 11.8 Å². The molecule has 78 valence electrons. The second-order valence-corrected chi connectivity index (χ2v) is 4.74. The molecular weight excluding hydrogens is 214 g/mol. The number of thiocarbonyl (C=S) groups is 1. The summed E-state index contributed by atoms with van der Waals surface area (Å²) in [5.74, 6) is 5.70. The van der Waals surface area contributed by atoms with Crippen LogP contribution in [0, 0.1) is 5.92 Å². The van der Waals surface area contributed by atoms with Gasteiger partial charge in [-0.1, -0.05) is 19.9 Å². The van der Waals surface area contributed by atoms with Gasteiger partial charge in [-0.15, -0.1) is 11.3 Å². The molecule has 3 nitrogen and oxygen atoms in total. The van der Waals surface area contributed by atoms with Crippen molar-refractivity contribution in [1.82, 2.24) is 10.7 Å². The first kappa shape index (κ1) is 11.4. The number of rotatable bonds is 3. The van der Waals surface area contributed by atoms with Crippen molar-refractivity contribution in [1.29, 1.82) is 0 Å². The van der Waals surface area contributed by atoms with E-state index in [1.807, 2.05) is 6.07 Å². The monoisotopic (exact) mass is 229 g/mol. The third-order valence-corrected chi connectivity index (χ3v) is 3.13. The molecule has 0 aliphatic rings. The zero-order valence-corrected chi connectivity index (χ0v) is 9.91. The summed E-state index contributed by atoms with van der Waals surface area (Å²) < 4.78 is 0. The number of thiophene rings is 1. The molecule has 0 saturated carbocycles. The van der Waals surface area contributed by atoms with E-state index >= 15 is 0 Å². The van der Waals surface area contributed by atoms with E-state index in [0.29, 0.717) is 11.0 Å². The first-order valence-corrected chi connectivity index (χ1v) is 5.74. The molecule has 0 saturated heterocycles. The standard InChI is InChI=1S/C9H15N3S2/c1-6(2)8(11-9(13)12-10)7-4-3-5-14-7/h3-6,8H,10H2,1-2H3,(H2,11,12,13). The molecule has 1 aromatic heterocycles. The van der Waals surface area contributed by atoms with Crippen LogP contribution in [-0.2, 0) is 0 Å². The molecule has 5 heteroatoms. The van der Waals surface area contributed by atoms with Gasteiger partial charge in [-0.25, -0.2) is 5.84 Å². The Kier molecular flexibility index (Phi) is 4.31. The van der Waals surface area contributed by atoms with E-state index in [1.54, 1.807) is 11.3 Å². The van der Waals surface area contributed by atoms with Crippen LogP contribution >= 0.6 is 23.6 Å². The second kappa shape index (κ2) is 5.29. The van der Waals surface area contributed by atoms with E-state index in [9.17, 15) is 0 Å². The maximum Gasteiger partial charge on any atom is 0.181 e. The van der Waals surface area contributed by atoms with E-state index < -0.39 is 0 Å². The Morgan fingerprint density at radius 2 is 2.29 bits per heavy atom. The highest BCUT2D eigenvalue weighted by Gasteiger charge is 2.16. The zero-order chi connectivity index (χ0) is 10.6. The molecule has 0 aliphatic carbocycles. The van der Waals surface area contributed by atoms with Crippen molar-refractivity contribution in [3.05, 3.63) is 22.4 Å². The van der Waals surface area contributed by atoms with Gasteiger partial charge in [0.1, 0.15) is 0 Å². The first-order valence-electron chi connectivity index (χ1n) is 4.45. The summed E-state index contributed by atoms with van der Waals surface area (Å²) in [7, 11) is 0. The molecule has 0 aliphatic heterocycles. The summed E-state index contributed by atoms with van der Waals surface area (Å²) in [6, 6.07) is 4.37. The van der Waals surface area contributed by atoms with E-state index in [4.69, 9.17) is 18.1 Å². The fraction of sp³-hybridized carbons (Fsp3) is 0.444. The van der Waals surface area contributed by atoms with Gasteiger partial charge in [0.15, 0.2) is 5.11 Å². The maximum atomic E-state index is 5.22. The molecule has 0 aromatic carbocycles. The number of hydrogen-bond acceptors (Lipinski definition) is 3. The van der Waals surface area contributed by atoms with Crippen molar-refractivity contribution in [3.8, 4) is 0 Å². The maximum absolute atomic E-state index is 5.22. The Morgan fingerprint density at radius 3 is 2.71 bits per heavy atom. The van der Waals surface area contributed by atoms with Gasteiger partial charge >= 0.3 is 0 Å². The van der Waals surface area contributed by atoms with Crippen LogP contribution in [-0.4, -0.2) is 5.11 Å². The van der Waals surface area contributed by atoms with Crippen molar-refractivity contribution in [2.45, 2.75) is 19.9 Å². The minimum Gasteiger partial charge on any atom is -0.354 e. The minimum atomic E-state index is 0.235. The molecule has 1 heterocycles. The molecule has 0 spiro atoms. The number of nitrogens with two attached hydrogens (primary N) is 1. The Bertz CT molecular complexity index is 282. The molecule has 0 fully saturated rings. The van der Waals surface area contributed by atoms with E-state index in [0.717, 1.165) is 0 Å². The molecule has 0 radical (unpaired) electrons. The van der Waals surface area contributed by atoms with Gasteiger partial charge < -0.3 is 10.7 Å². The van der Waals surface area contributed by atoms with E-state index in [-0.39, 0.29) is 6.04 Å². The highest BCUT2D eigenvalue weighted by Crippen LogP contribution is 2.25. The van der Waals surface area contributed by atoms with Crippen molar-refractivity contribution >= 4 is 28.7 Å². The molecule has 1 rings (SSSR count). The molecule has 1 atom stereocenters. The van der Waals surface area contributed by atoms with Gasteiger partial charge in [-0.2, -0.15) is 0 Å². The van der Waals surface area contributed by atoms with Crippen molar-refractivity contribution < 1.29 is 0 Å². The smallest absolute Gasteiger partial charge is 0.181 e. The third kappa shape index (κ3) is 2.94. The van der Waals surface area contributed by atoms with Crippen molar-refractivity contribution in [3.63, 3.8) is 0 Å². The van der Waals surface area contributed by atoms with Crippen LogP contribution in [0.2, 0.25) is 0 Å². The number of hydrazine groups is 1. The molecule has 4 N–H and O–H groups in total. The van der Waals surface area contributed by atoms with Crippen molar-refractivity contribution in [2.75, 3.05) is 0 Å².